The van der Waals surface area contributed by atoms with Crippen LogP contribution in [0.5, 0.6) is 0 Å². The van der Waals surface area contributed by atoms with Gasteiger partial charge in [-0.15, -0.1) is 11.3 Å². The predicted molar refractivity (Wildman–Crippen MR) is 93.3 cm³/mol. The van der Waals surface area contributed by atoms with Crippen LogP contribution in [0.4, 0.5) is 5.69 Å². The van der Waals surface area contributed by atoms with E-state index in [1.54, 1.807) is 11.3 Å². The van der Waals surface area contributed by atoms with Gasteiger partial charge in [0.25, 0.3) is 0 Å². The van der Waals surface area contributed by atoms with Gasteiger partial charge in [0.15, 0.2) is 0 Å². The van der Waals surface area contributed by atoms with Crippen molar-refractivity contribution < 1.29 is 0 Å². The van der Waals surface area contributed by atoms with Gasteiger partial charge in [-0.25, -0.2) is 0 Å². The zero-order valence-corrected chi connectivity index (χ0v) is 13.3. The second-order valence-electron chi connectivity index (χ2n) is 4.99. The first-order valence-corrected chi connectivity index (χ1v) is 8.11. The second-order valence-corrected chi connectivity index (χ2v) is 6.39. The van der Waals surface area contributed by atoms with Gasteiger partial charge in [-0.05, 0) is 47.2 Å². The van der Waals surface area contributed by atoms with Crippen molar-refractivity contribution in [1.82, 2.24) is 0 Å². The molecule has 0 fully saturated rings. The third-order valence-corrected chi connectivity index (χ3v) is 4.74. The molecule has 0 bridgehead atoms. The Balaban J connectivity index is 1.69. The first-order valence-electron chi connectivity index (χ1n) is 6.85. The lowest BCUT2D eigenvalue weighted by Gasteiger charge is -2.06. The quantitative estimate of drug-likeness (QED) is 0.624. The van der Waals surface area contributed by atoms with Gasteiger partial charge in [0.1, 0.15) is 0 Å². The van der Waals surface area contributed by atoms with Crippen molar-refractivity contribution in [2.75, 3.05) is 5.32 Å². The molecule has 0 aliphatic heterocycles. The van der Waals surface area contributed by atoms with E-state index < -0.39 is 0 Å². The van der Waals surface area contributed by atoms with Crippen LogP contribution in [0.3, 0.4) is 0 Å². The molecule has 3 rings (SSSR count). The van der Waals surface area contributed by atoms with Crippen molar-refractivity contribution in [3.8, 4) is 11.1 Å². The number of rotatable bonds is 4. The molecule has 106 valence electrons. The number of hydrogen-bond donors (Lipinski definition) is 1. The van der Waals surface area contributed by atoms with Gasteiger partial charge in [0.2, 0.25) is 0 Å². The van der Waals surface area contributed by atoms with Gasteiger partial charge in [-0.1, -0.05) is 48.0 Å². The number of aryl methyl sites for hydroxylation is 1. The van der Waals surface area contributed by atoms with E-state index in [1.807, 2.05) is 25.1 Å². The van der Waals surface area contributed by atoms with E-state index >= 15 is 0 Å². The Bertz CT molecular complexity index is 734. The van der Waals surface area contributed by atoms with E-state index in [9.17, 15) is 0 Å². The van der Waals surface area contributed by atoms with Crippen LogP contribution in [0, 0.1) is 6.92 Å². The number of benzene rings is 2. The molecule has 0 radical (unpaired) electrons. The summed E-state index contributed by atoms with van der Waals surface area (Å²) in [6.07, 6.45) is 0. The Morgan fingerprint density at radius 1 is 1.00 bits per heavy atom. The SMILES string of the molecule is Cc1ccc(NCc2cc(-c3ccccc3)cs2)cc1Cl. The maximum Gasteiger partial charge on any atom is 0.0494 e. The van der Waals surface area contributed by atoms with Gasteiger partial charge in [0, 0.05) is 22.1 Å². The number of nitrogens with one attached hydrogen (secondary N) is 1. The molecular formula is C18H16ClNS. The highest BCUT2D eigenvalue weighted by molar-refractivity contribution is 7.10. The van der Waals surface area contributed by atoms with Crippen molar-refractivity contribution in [1.29, 1.82) is 0 Å². The molecule has 0 spiro atoms. The van der Waals surface area contributed by atoms with Gasteiger partial charge in [0.05, 0.1) is 0 Å². The Kier molecular flexibility index (Phi) is 4.28. The molecule has 1 aromatic heterocycles. The van der Waals surface area contributed by atoms with Crippen LogP contribution in [0.1, 0.15) is 10.4 Å². The Labute approximate surface area is 134 Å². The lowest BCUT2D eigenvalue weighted by Crippen LogP contribution is -1.97. The van der Waals surface area contributed by atoms with E-state index in [0.29, 0.717) is 0 Å². The summed E-state index contributed by atoms with van der Waals surface area (Å²) < 4.78 is 0. The van der Waals surface area contributed by atoms with E-state index in [1.165, 1.54) is 16.0 Å². The minimum Gasteiger partial charge on any atom is -0.380 e. The summed E-state index contributed by atoms with van der Waals surface area (Å²) in [7, 11) is 0. The first kappa shape index (κ1) is 14.2. The molecule has 0 saturated carbocycles. The largest absolute Gasteiger partial charge is 0.380 e. The van der Waals surface area contributed by atoms with Crippen molar-refractivity contribution in [2.24, 2.45) is 0 Å². The fraction of sp³-hybridized carbons (Fsp3) is 0.111. The zero-order chi connectivity index (χ0) is 14.7. The lowest BCUT2D eigenvalue weighted by molar-refractivity contribution is 1.19. The summed E-state index contributed by atoms with van der Waals surface area (Å²) in [6, 6.07) is 18.8. The third-order valence-electron chi connectivity index (χ3n) is 3.40. The third kappa shape index (κ3) is 3.46. The topological polar surface area (TPSA) is 12.0 Å². The van der Waals surface area contributed by atoms with E-state index in [2.05, 4.69) is 47.1 Å². The number of hydrogen-bond acceptors (Lipinski definition) is 2. The predicted octanol–water partition coefficient (Wildman–Crippen LogP) is 5.99. The van der Waals surface area contributed by atoms with Crippen LogP contribution in [-0.4, -0.2) is 0 Å². The Hall–Kier alpha value is -1.77. The molecule has 21 heavy (non-hydrogen) atoms. The fourth-order valence-corrected chi connectivity index (χ4v) is 3.16. The summed E-state index contributed by atoms with van der Waals surface area (Å²) in [6.45, 7) is 2.83. The molecule has 3 heteroatoms. The molecule has 0 amide bonds. The number of thiophene rings is 1. The van der Waals surface area contributed by atoms with E-state index in [0.717, 1.165) is 22.8 Å². The van der Waals surface area contributed by atoms with Crippen molar-refractivity contribution in [3.63, 3.8) is 0 Å². The van der Waals surface area contributed by atoms with Crippen molar-refractivity contribution in [2.45, 2.75) is 13.5 Å². The molecule has 0 aliphatic rings. The Morgan fingerprint density at radius 2 is 1.81 bits per heavy atom. The lowest BCUT2D eigenvalue weighted by atomic mass is 10.1. The normalized spacial score (nSPS) is 10.6. The molecule has 3 aromatic rings. The molecule has 1 heterocycles. The minimum absolute atomic E-state index is 0.802. The van der Waals surface area contributed by atoms with Crippen LogP contribution < -0.4 is 5.32 Å². The van der Waals surface area contributed by atoms with Crippen LogP contribution in [-0.2, 0) is 6.54 Å². The van der Waals surface area contributed by atoms with Crippen molar-refractivity contribution >= 4 is 28.6 Å². The molecule has 0 aliphatic carbocycles. The van der Waals surface area contributed by atoms with E-state index in [4.69, 9.17) is 11.6 Å². The molecule has 1 N–H and O–H groups in total. The number of halogens is 1. The minimum atomic E-state index is 0.802. The molecule has 2 aromatic carbocycles. The summed E-state index contributed by atoms with van der Waals surface area (Å²) >= 11 is 7.92. The van der Waals surface area contributed by atoms with Gasteiger partial charge < -0.3 is 5.32 Å². The monoisotopic (exact) mass is 313 g/mol. The van der Waals surface area contributed by atoms with Gasteiger partial charge >= 0.3 is 0 Å². The smallest absolute Gasteiger partial charge is 0.0494 e. The Morgan fingerprint density at radius 3 is 2.57 bits per heavy atom. The summed E-state index contributed by atoms with van der Waals surface area (Å²) in [5, 5.41) is 6.42. The van der Waals surface area contributed by atoms with Crippen LogP contribution >= 0.6 is 22.9 Å². The van der Waals surface area contributed by atoms with Gasteiger partial charge in [-0.3, -0.25) is 0 Å². The molecular weight excluding hydrogens is 298 g/mol. The maximum absolute atomic E-state index is 6.14. The molecule has 0 unspecified atom stereocenters. The summed E-state index contributed by atoms with van der Waals surface area (Å²) in [5.41, 5.74) is 4.70. The highest BCUT2D eigenvalue weighted by atomic mass is 35.5. The summed E-state index contributed by atoms with van der Waals surface area (Å²) in [5.74, 6) is 0. The maximum atomic E-state index is 6.14. The number of anilines is 1. The molecule has 0 saturated heterocycles. The van der Waals surface area contributed by atoms with Crippen LogP contribution in [0.25, 0.3) is 11.1 Å². The highest BCUT2D eigenvalue weighted by Gasteiger charge is 2.03. The van der Waals surface area contributed by atoms with Gasteiger partial charge in [-0.2, -0.15) is 0 Å². The zero-order valence-electron chi connectivity index (χ0n) is 11.8. The van der Waals surface area contributed by atoms with Crippen LogP contribution in [0.15, 0.2) is 60.0 Å². The van der Waals surface area contributed by atoms with Crippen molar-refractivity contribution in [3.05, 3.63) is 75.4 Å². The van der Waals surface area contributed by atoms with E-state index in [-0.39, 0.29) is 0 Å². The molecule has 0 atom stereocenters. The average Bonchev–Trinajstić information content (AvgIpc) is 2.98. The average molecular weight is 314 g/mol. The first-order chi connectivity index (χ1) is 10.2. The van der Waals surface area contributed by atoms with Crippen LogP contribution in [0.2, 0.25) is 5.02 Å². The second kappa shape index (κ2) is 6.33. The molecule has 1 nitrogen and oxygen atoms in total. The fourth-order valence-electron chi connectivity index (χ4n) is 2.15. The standard InChI is InChI=1S/C18H16ClNS/c1-13-7-8-16(10-18(13)19)20-11-17-9-15(12-21-17)14-5-3-2-4-6-14/h2-10,12,20H,11H2,1H3. The highest BCUT2D eigenvalue weighted by Crippen LogP contribution is 2.26. The summed E-state index contributed by atoms with van der Waals surface area (Å²) in [4.78, 5) is 1.31.